The molecule has 0 rings (SSSR count). The number of rotatable bonds is 12. The largest absolute Gasteiger partial charge is 0.550 e. The molecular weight excluding hydrogens is 254 g/mol. The van der Waals surface area contributed by atoms with Crippen LogP contribution in [0.4, 0.5) is 0 Å². The summed E-state index contributed by atoms with van der Waals surface area (Å²) in [6.07, 6.45) is 7.35. The molecule has 1 unspecified atom stereocenters. The maximum atomic E-state index is 10.5. The molecular formula is C16H31NO3. The first kappa shape index (κ1) is 19.1. The van der Waals surface area contributed by atoms with E-state index >= 15 is 0 Å². The molecule has 0 amide bonds. The minimum absolute atomic E-state index is 0.106. The number of allylic oxidation sites excluding steroid dienone is 2. The summed E-state index contributed by atoms with van der Waals surface area (Å²) in [7, 11) is 0. The lowest BCUT2D eigenvalue weighted by Gasteiger charge is -2.38. The van der Waals surface area contributed by atoms with E-state index in [0.29, 0.717) is 13.0 Å². The van der Waals surface area contributed by atoms with Gasteiger partial charge in [-0.05, 0) is 39.5 Å². The molecule has 0 saturated carbocycles. The van der Waals surface area contributed by atoms with Crippen LogP contribution in [0.5, 0.6) is 0 Å². The van der Waals surface area contributed by atoms with Crippen LogP contribution >= 0.6 is 0 Å². The van der Waals surface area contributed by atoms with Gasteiger partial charge < -0.3 is 19.5 Å². The number of carboxylic acid groups (broad SMARTS) is 1. The Balaban J connectivity index is 4.27. The van der Waals surface area contributed by atoms with Crippen LogP contribution in [0, 0.1) is 0 Å². The van der Waals surface area contributed by atoms with Gasteiger partial charge in [0.25, 0.3) is 0 Å². The van der Waals surface area contributed by atoms with Crippen LogP contribution in [0.2, 0.25) is 0 Å². The normalized spacial score (nSPS) is 13.8. The molecule has 1 N–H and O–H groups in total. The Bertz CT molecular complexity index is 285. The minimum atomic E-state index is -0.986. The van der Waals surface area contributed by atoms with Crippen LogP contribution in [-0.4, -0.2) is 47.8 Å². The molecule has 0 aromatic rings. The van der Waals surface area contributed by atoms with E-state index in [0.717, 1.165) is 43.4 Å². The smallest absolute Gasteiger partial charge is 0.105 e. The Hall–Kier alpha value is -0.870. The van der Waals surface area contributed by atoms with Gasteiger partial charge in [-0.15, -0.1) is 0 Å². The number of aliphatic carboxylic acids is 1. The van der Waals surface area contributed by atoms with E-state index in [-0.39, 0.29) is 12.5 Å². The highest BCUT2D eigenvalue weighted by Gasteiger charge is 2.26. The lowest BCUT2D eigenvalue weighted by Crippen LogP contribution is -2.52. The van der Waals surface area contributed by atoms with Crippen LogP contribution in [0.15, 0.2) is 12.2 Å². The van der Waals surface area contributed by atoms with Crippen LogP contribution in [0.25, 0.3) is 0 Å². The number of nitrogens with zero attached hydrogens (tertiary/aromatic N) is 1. The maximum absolute atomic E-state index is 10.5. The standard InChI is InChI=1S/C16H31NO3/c1-4-7-8-9-11-15(18)14-17(5-2,6-3)13-10-12-16(19)20/h7-8,15,18H,4-6,9-14H2,1-3H3/b8-7+. The van der Waals surface area contributed by atoms with Crippen molar-refractivity contribution in [3.8, 4) is 0 Å². The Labute approximate surface area is 123 Å². The molecule has 0 aliphatic heterocycles. The Morgan fingerprint density at radius 2 is 1.90 bits per heavy atom. The predicted molar refractivity (Wildman–Crippen MR) is 80.0 cm³/mol. The number of hydrogen-bond acceptors (Lipinski definition) is 3. The first-order valence-corrected chi connectivity index (χ1v) is 7.87. The Morgan fingerprint density at radius 3 is 2.40 bits per heavy atom. The van der Waals surface area contributed by atoms with E-state index in [1.54, 1.807) is 0 Å². The number of aliphatic hydroxyl groups is 1. The first-order valence-electron chi connectivity index (χ1n) is 7.87. The van der Waals surface area contributed by atoms with Crippen molar-refractivity contribution in [2.75, 3.05) is 26.2 Å². The molecule has 0 heterocycles. The zero-order valence-corrected chi connectivity index (χ0v) is 13.3. The van der Waals surface area contributed by atoms with E-state index in [1.165, 1.54) is 0 Å². The quantitative estimate of drug-likeness (QED) is 0.436. The maximum Gasteiger partial charge on any atom is 0.105 e. The second-order valence-corrected chi connectivity index (χ2v) is 5.47. The molecule has 0 aromatic carbocycles. The van der Waals surface area contributed by atoms with E-state index in [4.69, 9.17) is 0 Å². The van der Waals surface area contributed by atoms with E-state index in [1.807, 2.05) is 0 Å². The van der Waals surface area contributed by atoms with E-state index in [9.17, 15) is 15.0 Å². The monoisotopic (exact) mass is 285 g/mol. The highest BCUT2D eigenvalue weighted by atomic mass is 16.4. The highest BCUT2D eigenvalue weighted by molar-refractivity contribution is 5.64. The molecule has 0 bridgehead atoms. The van der Waals surface area contributed by atoms with Crippen molar-refractivity contribution >= 4 is 5.97 Å². The van der Waals surface area contributed by atoms with Gasteiger partial charge in [0.2, 0.25) is 0 Å². The molecule has 4 nitrogen and oxygen atoms in total. The number of hydrogen-bond donors (Lipinski definition) is 1. The molecule has 1 atom stereocenters. The van der Waals surface area contributed by atoms with Crippen molar-refractivity contribution in [1.82, 2.24) is 0 Å². The van der Waals surface area contributed by atoms with Gasteiger partial charge in [-0.25, -0.2) is 0 Å². The van der Waals surface area contributed by atoms with Crippen LogP contribution in [0.1, 0.15) is 52.9 Å². The number of likely N-dealkylation sites (N-methyl/N-ethyl adjacent to an activating group) is 1. The summed E-state index contributed by atoms with van der Waals surface area (Å²) in [5.74, 6) is -0.986. The van der Waals surface area contributed by atoms with Crippen molar-refractivity contribution in [2.45, 2.75) is 59.0 Å². The Kier molecular flexibility index (Phi) is 10.4. The van der Waals surface area contributed by atoms with Gasteiger partial charge in [-0.1, -0.05) is 19.1 Å². The summed E-state index contributed by atoms with van der Waals surface area (Å²) in [6, 6.07) is 0. The molecule has 20 heavy (non-hydrogen) atoms. The van der Waals surface area contributed by atoms with Crippen molar-refractivity contribution < 1.29 is 19.5 Å². The molecule has 0 fully saturated rings. The average Bonchev–Trinajstić information content (AvgIpc) is 2.42. The van der Waals surface area contributed by atoms with E-state index in [2.05, 4.69) is 32.9 Å². The predicted octanol–water partition coefficient (Wildman–Crippen LogP) is 1.48. The molecule has 0 aromatic heterocycles. The third-order valence-electron chi connectivity index (χ3n) is 4.02. The molecule has 4 heteroatoms. The second kappa shape index (κ2) is 10.9. The summed E-state index contributed by atoms with van der Waals surface area (Å²) in [5.41, 5.74) is 0. The molecule has 0 aliphatic carbocycles. The zero-order chi connectivity index (χ0) is 15.4. The first-order chi connectivity index (χ1) is 9.49. The fraction of sp³-hybridized carbons (Fsp3) is 0.812. The number of carboxylic acids is 1. The van der Waals surface area contributed by atoms with Gasteiger partial charge in [-0.3, -0.25) is 0 Å². The molecule has 118 valence electrons. The summed E-state index contributed by atoms with van der Waals surface area (Å²) < 4.78 is 0.784. The zero-order valence-electron chi connectivity index (χ0n) is 13.3. The fourth-order valence-electron chi connectivity index (χ4n) is 2.56. The topological polar surface area (TPSA) is 60.4 Å². The van der Waals surface area contributed by atoms with Crippen LogP contribution in [0.3, 0.4) is 0 Å². The van der Waals surface area contributed by atoms with Gasteiger partial charge >= 0.3 is 0 Å². The lowest BCUT2D eigenvalue weighted by atomic mass is 10.1. The van der Waals surface area contributed by atoms with Crippen molar-refractivity contribution in [2.24, 2.45) is 0 Å². The van der Waals surface area contributed by atoms with Crippen LogP contribution < -0.4 is 5.11 Å². The van der Waals surface area contributed by atoms with Gasteiger partial charge in [0.15, 0.2) is 0 Å². The second-order valence-electron chi connectivity index (χ2n) is 5.47. The minimum Gasteiger partial charge on any atom is -0.550 e. The SMILES string of the molecule is CC/C=C/CCC(O)C[N+](CC)(CC)CCCC(=O)[O-]. The van der Waals surface area contributed by atoms with Gasteiger partial charge in [0.1, 0.15) is 12.6 Å². The van der Waals surface area contributed by atoms with Gasteiger partial charge in [0, 0.05) is 12.4 Å². The molecule has 0 saturated heterocycles. The molecule has 0 aliphatic rings. The number of quaternary nitrogens is 1. The summed E-state index contributed by atoms with van der Waals surface area (Å²) in [4.78, 5) is 10.5. The van der Waals surface area contributed by atoms with Crippen LogP contribution in [-0.2, 0) is 4.79 Å². The molecule has 0 spiro atoms. The number of carbonyl (C=O) groups excluding carboxylic acids is 1. The van der Waals surface area contributed by atoms with E-state index < -0.39 is 5.97 Å². The number of carbonyl (C=O) groups is 1. The summed E-state index contributed by atoms with van der Waals surface area (Å²) >= 11 is 0. The fourth-order valence-corrected chi connectivity index (χ4v) is 2.56. The molecule has 0 radical (unpaired) electrons. The Morgan fingerprint density at radius 1 is 1.25 bits per heavy atom. The van der Waals surface area contributed by atoms with Crippen molar-refractivity contribution in [3.63, 3.8) is 0 Å². The summed E-state index contributed by atoms with van der Waals surface area (Å²) in [6.45, 7) is 9.65. The average molecular weight is 285 g/mol. The van der Waals surface area contributed by atoms with Gasteiger partial charge in [-0.2, -0.15) is 0 Å². The number of aliphatic hydroxyl groups excluding tert-OH is 1. The van der Waals surface area contributed by atoms with Crippen molar-refractivity contribution in [3.05, 3.63) is 12.2 Å². The van der Waals surface area contributed by atoms with Gasteiger partial charge in [0.05, 0.1) is 19.6 Å². The lowest BCUT2D eigenvalue weighted by molar-refractivity contribution is -0.927. The third-order valence-corrected chi connectivity index (χ3v) is 4.02. The third kappa shape index (κ3) is 8.33. The van der Waals surface area contributed by atoms with Crippen molar-refractivity contribution in [1.29, 1.82) is 0 Å². The highest BCUT2D eigenvalue weighted by Crippen LogP contribution is 2.13. The summed E-state index contributed by atoms with van der Waals surface area (Å²) in [5, 5.41) is 20.7.